The van der Waals surface area contributed by atoms with Gasteiger partial charge in [0.1, 0.15) is 5.82 Å². The Bertz CT molecular complexity index is 3080. The Balaban J connectivity index is 1.23. The monoisotopic (exact) mass is 674 g/mol. The molecule has 0 aliphatic heterocycles. The number of hydrogen-bond donors (Lipinski definition) is 0. The molecule has 1 aliphatic rings. The second kappa shape index (κ2) is 11.6. The molecule has 10 aromatic rings. The standard InChI is InChI=1S/C51H34N2/c1-2-47-52-45-19-7-8-20-46(45)53(47)40-27-25-34(26-28-40)43-31-44(38-23-21-32-11-3-5-13-36(32)29-38)50-41-17-9-15-35-16-10-18-42(48(35)41)51(50)49(43)39-24-22-33-12-4-6-14-37(33)30-39/h3-31H,2H2,1H3. The molecule has 0 saturated carbocycles. The Hall–Kier alpha value is -6.77. The highest BCUT2D eigenvalue weighted by atomic mass is 15.1. The van der Waals surface area contributed by atoms with Crippen molar-refractivity contribution < 1.29 is 0 Å². The van der Waals surface area contributed by atoms with E-state index in [9.17, 15) is 0 Å². The minimum Gasteiger partial charge on any atom is -0.296 e. The topological polar surface area (TPSA) is 17.8 Å². The molecule has 0 atom stereocenters. The van der Waals surface area contributed by atoms with Crippen molar-refractivity contribution in [2.45, 2.75) is 13.3 Å². The van der Waals surface area contributed by atoms with E-state index in [1.54, 1.807) is 0 Å². The van der Waals surface area contributed by atoms with Crippen molar-refractivity contribution in [1.82, 2.24) is 9.55 Å². The molecule has 11 rings (SSSR count). The van der Waals surface area contributed by atoms with Crippen LogP contribution in [0.5, 0.6) is 0 Å². The first-order valence-corrected chi connectivity index (χ1v) is 18.5. The number of aryl methyl sites for hydroxylation is 1. The van der Waals surface area contributed by atoms with Crippen LogP contribution < -0.4 is 0 Å². The molecule has 53 heavy (non-hydrogen) atoms. The summed E-state index contributed by atoms with van der Waals surface area (Å²) in [6, 6.07) is 64.9. The maximum atomic E-state index is 4.97. The lowest BCUT2D eigenvalue weighted by Crippen LogP contribution is -2.00. The predicted molar refractivity (Wildman–Crippen MR) is 224 cm³/mol. The smallest absolute Gasteiger partial charge is 0.114 e. The summed E-state index contributed by atoms with van der Waals surface area (Å²) in [5.41, 5.74) is 15.9. The number of aromatic nitrogens is 2. The van der Waals surface area contributed by atoms with Crippen LogP contribution in [0.4, 0.5) is 0 Å². The maximum absolute atomic E-state index is 4.97. The van der Waals surface area contributed by atoms with E-state index in [1.165, 1.54) is 88.0 Å². The van der Waals surface area contributed by atoms with Gasteiger partial charge in [-0.05, 0) is 130 Å². The van der Waals surface area contributed by atoms with Crippen molar-refractivity contribution in [3.8, 4) is 61.3 Å². The van der Waals surface area contributed by atoms with Gasteiger partial charge in [0.25, 0.3) is 0 Å². The van der Waals surface area contributed by atoms with Gasteiger partial charge in [0, 0.05) is 12.1 Å². The molecule has 0 radical (unpaired) electrons. The molecule has 0 N–H and O–H groups in total. The molecule has 1 heterocycles. The van der Waals surface area contributed by atoms with Crippen molar-refractivity contribution in [2.75, 3.05) is 0 Å². The van der Waals surface area contributed by atoms with E-state index < -0.39 is 0 Å². The summed E-state index contributed by atoms with van der Waals surface area (Å²) in [4.78, 5) is 4.97. The number of nitrogens with zero attached hydrogens (tertiary/aromatic N) is 2. The van der Waals surface area contributed by atoms with Crippen LogP contribution in [0.15, 0.2) is 176 Å². The molecule has 9 aromatic carbocycles. The summed E-state index contributed by atoms with van der Waals surface area (Å²) >= 11 is 0. The largest absolute Gasteiger partial charge is 0.296 e. The van der Waals surface area contributed by atoms with E-state index in [0.717, 1.165) is 29.0 Å². The molecule has 1 aromatic heterocycles. The molecule has 0 spiro atoms. The molecule has 1 aliphatic carbocycles. The van der Waals surface area contributed by atoms with Gasteiger partial charge in [-0.2, -0.15) is 0 Å². The zero-order valence-corrected chi connectivity index (χ0v) is 29.3. The van der Waals surface area contributed by atoms with Crippen LogP contribution >= 0.6 is 0 Å². The van der Waals surface area contributed by atoms with Crippen LogP contribution in [0.3, 0.4) is 0 Å². The van der Waals surface area contributed by atoms with Gasteiger partial charge in [0.2, 0.25) is 0 Å². The summed E-state index contributed by atoms with van der Waals surface area (Å²) in [6.07, 6.45) is 0.856. The van der Waals surface area contributed by atoms with Gasteiger partial charge >= 0.3 is 0 Å². The third kappa shape index (κ3) is 4.55. The fraction of sp³-hybridized carbons (Fsp3) is 0.0392. The number of para-hydroxylation sites is 2. The van der Waals surface area contributed by atoms with Crippen molar-refractivity contribution >= 4 is 43.4 Å². The number of hydrogen-bond acceptors (Lipinski definition) is 1. The number of fused-ring (bicyclic) bond motifs is 6. The lowest BCUT2D eigenvalue weighted by Gasteiger charge is -2.21. The zero-order valence-electron chi connectivity index (χ0n) is 29.3. The molecule has 0 saturated heterocycles. The highest BCUT2D eigenvalue weighted by Crippen LogP contribution is 2.57. The Morgan fingerprint density at radius 1 is 0.415 bits per heavy atom. The van der Waals surface area contributed by atoms with Gasteiger partial charge in [0.15, 0.2) is 0 Å². The zero-order chi connectivity index (χ0) is 35.0. The Kier molecular flexibility index (Phi) is 6.56. The molecule has 2 nitrogen and oxygen atoms in total. The average Bonchev–Trinajstić information content (AvgIpc) is 3.77. The molecule has 0 amide bonds. The first-order valence-electron chi connectivity index (χ1n) is 18.5. The molecule has 0 unspecified atom stereocenters. The minimum atomic E-state index is 0.856. The van der Waals surface area contributed by atoms with Crippen LogP contribution in [0.25, 0.3) is 105 Å². The van der Waals surface area contributed by atoms with E-state index in [-0.39, 0.29) is 0 Å². The van der Waals surface area contributed by atoms with Gasteiger partial charge in [0.05, 0.1) is 11.0 Å². The van der Waals surface area contributed by atoms with Crippen LogP contribution in [-0.4, -0.2) is 9.55 Å². The van der Waals surface area contributed by atoms with Gasteiger partial charge < -0.3 is 0 Å². The van der Waals surface area contributed by atoms with Crippen LogP contribution in [-0.2, 0) is 6.42 Å². The van der Waals surface area contributed by atoms with Gasteiger partial charge in [-0.15, -0.1) is 0 Å². The predicted octanol–water partition coefficient (Wildman–Crippen LogP) is 13.7. The van der Waals surface area contributed by atoms with Gasteiger partial charge in [-0.1, -0.05) is 140 Å². The molecular weight excluding hydrogens is 641 g/mol. The average molecular weight is 675 g/mol. The summed E-state index contributed by atoms with van der Waals surface area (Å²) in [6.45, 7) is 2.18. The highest BCUT2D eigenvalue weighted by Gasteiger charge is 2.30. The number of imidazole rings is 1. The molecular formula is C51H34N2. The first kappa shape index (κ1) is 29.9. The fourth-order valence-electron chi connectivity index (χ4n) is 8.84. The summed E-state index contributed by atoms with van der Waals surface area (Å²) in [5.74, 6) is 1.07. The quantitative estimate of drug-likeness (QED) is 0.178. The van der Waals surface area contributed by atoms with Crippen LogP contribution in [0.2, 0.25) is 0 Å². The lowest BCUT2D eigenvalue weighted by molar-refractivity contribution is 0.908. The second-order valence-electron chi connectivity index (χ2n) is 14.2. The normalized spacial score (nSPS) is 11.9. The van der Waals surface area contributed by atoms with E-state index in [2.05, 4.69) is 187 Å². The third-order valence-electron chi connectivity index (χ3n) is 11.3. The van der Waals surface area contributed by atoms with Gasteiger partial charge in [-0.25, -0.2) is 4.98 Å². The Morgan fingerprint density at radius 3 is 1.70 bits per heavy atom. The van der Waals surface area contributed by atoms with Crippen molar-refractivity contribution in [3.05, 3.63) is 182 Å². The first-order chi connectivity index (χ1) is 26.2. The SMILES string of the molecule is CCc1nc2ccccc2n1-c1ccc(-c2cc(-c3ccc4ccccc4c3)c3c(c2-c2ccc4ccccc4c2)-c2cccc4cccc-3c24)cc1. The second-order valence-corrected chi connectivity index (χ2v) is 14.2. The highest BCUT2D eigenvalue weighted by molar-refractivity contribution is 6.23. The van der Waals surface area contributed by atoms with Crippen molar-refractivity contribution in [2.24, 2.45) is 0 Å². The van der Waals surface area contributed by atoms with Crippen LogP contribution in [0, 0.1) is 0 Å². The van der Waals surface area contributed by atoms with Gasteiger partial charge in [-0.3, -0.25) is 4.57 Å². The summed E-state index contributed by atoms with van der Waals surface area (Å²) in [5, 5.41) is 7.59. The van der Waals surface area contributed by atoms with E-state index in [4.69, 9.17) is 4.98 Å². The summed E-state index contributed by atoms with van der Waals surface area (Å²) < 4.78 is 2.31. The molecule has 2 heteroatoms. The van der Waals surface area contributed by atoms with E-state index in [0.29, 0.717) is 0 Å². The fourth-order valence-corrected chi connectivity index (χ4v) is 8.84. The Morgan fingerprint density at radius 2 is 0.981 bits per heavy atom. The lowest BCUT2D eigenvalue weighted by atomic mass is 9.81. The molecule has 248 valence electrons. The molecule has 0 bridgehead atoms. The molecule has 0 fully saturated rings. The van der Waals surface area contributed by atoms with E-state index >= 15 is 0 Å². The Labute approximate surface area is 308 Å². The van der Waals surface area contributed by atoms with E-state index in [1.807, 2.05) is 0 Å². The third-order valence-corrected chi connectivity index (χ3v) is 11.3. The number of benzene rings is 9. The summed E-state index contributed by atoms with van der Waals surface area (Å²) in [7, 11) is 0. The number of rotatable bonds is 5. The van der Waals surface area contributed by atoms with Crippen LogP contribution in [0.1, 0.15) is 12.7 Å². The van der Waals surface area contributed by atoms with Crippen molar-refractivity contribution in [1.29, 1.82) is 0 Å². The van der Waals surface area contributed by atoms with Crippen molar-refractivity contribution in [3.63, 3.8) is 0 Å². The maximum Gasteiger partial charge on any atom is 0.114 e. The minimum absolute atomic E-state index is 0.856.